The number of aromatic nitrogens is 4. The highest BCUT2D eigenvalue weighted by atomic mass is 16.4. The molecule has 0 atom stereocenters. The van der Waals surface area contributed by atoms with E-state index < -0.39 is 5.97 Å². The number of aliphatic carboxylic acids is 1. The number of hydrogen-bond acceptors (Lipinski definition) is 5. The third kappa shape index (κ3) is 3.70. The summed E-state index contributed by atoms with van der Waals surface area (Å²) < 4.78 is 1.42. The van der Waals surface area contributed by atoms with Gasteiger partial charge in [0.25, 0.3) is 5.91 Å². The zero-order chi connectivity index (χ0) is 20.5. The van der Waals surface area contributed by atoms with E-state index >= 15 is 0 Å². The summed E-state index contributed by atoms with van der Waals surface area (Å²) >= 11 is 0. The normalized spacial score (nSPS) is 14.3. The van der Waals surface area contributed by atoms with Crippen molar-refractivity contribution in [3.63, 3.8) is 0 Å². The Morgan fingerprint density at radius 2 is 1.72 bits per heavy atom. The molecular formula is C21H23N5O3. The van der Waals surface area contributed by atoms with Crippen molar-refractivity contribution < 1.29 is 14.7 Å². The first-order chi connectivity index (χ1) is 13.9. The Balaban J connectivity index is 1.87. The van der Waals surface area contributed by atoms with Gasteiger partial charge in [0, 0.05) is 36.4 Å². The lowest BCUT2D eigenvalue weighted by Gasteiger charge is -2.26. The number of rotatable bonds is 4. The molecule has 4 rings (SSSR count). The van der Waals surface area contributed by atoms with Crippen LogP contribution in [0.1, 0.15) is 41.1 Å². The van der Waals surface area contributed by atoms with Gasteiger partial charge in [-0.15, -0.1) is 0 Å². The minimum absolute atomic E-state index is 0.143. The summed E-state index contributed by atoms with van der Waals surface area (Å²) in [5, 5.41) is 14.4. The highest BCUT2D eigenvalue weighted by Gasteiger charge is 2.25. The molecule has 0 spiro atoms. The third-order valence-corrected chi connectivity index (χ3v) is 5.28. The number of carbonyl (C=O) groups excluding carboxylic acids is 1. The molecule has 3 aromatic rings. The number of nitrogens with zero attached hydrogens (tertiary/aromatic N) is 5. The van der Waals surface area contributed by atoms with Crippen LogP contribution in [-0.4, -0.2) is 54.7 Å². The Hall–Kier alpha value is -3.29. The molecule has 0 radical (unpaired) electrons. The molecule has 0 aliphatic carbocycles. The predicted molar refractivity (Wildman–Crippen MR) is 108 cm³/mol. The molecular weight excluding hydrogens is 370 g/mol. The largest absolute Gasteiger partial charge is 0.480 e. The zero-order valence-electron chi connectivity index (χ0n) is 16.6. The fourth-order valence-electron chi connectivity index (χ4n) is 3.88. The van der Waals surface area contributed by atoms with Crippen LogP contribution in [0.4, 0.5) is 0 Å². The molecule has 0 saturated carbocycles. The van der Waals surface area contributed by atoms with Crippen molar-refractivity contribution in [1.29, 1.82) is 0 Å². The first kappa shape index (κ1) is 19.0. The lowest BCUT2D eigenvalue weighted by atomic mass is 10.0. The van der Waals surface area contributed by atoms with Crippen LogP contribution in [0, 0.1) is 13.8 Å². The number of piperidine rings is 1. The molecule has 1 N–H and O–H groups in total. The molecule has 1 aliphatic rings. The van der Waals surface area contributed by atoms with Gasteiger partial charge < -0.3 is 10.0 Å². The lowest BCUT2D eigenvalue weighted by molar-refractivity contribution is -0.137. The van der Waals surface area contributed by atoms with Gasteiger partial charge in [0.05, 0.1) is 5.52 Å². The molecule has 8 nitrogen and oxygen atoms in total. The first-order valence-corrected chi connectivity index (χ1v) is 9.75. The van der Waals surface area contributed by atoms with Gasteiger partial charge in [-0.05, 0) is 56.4 Å². The molecule has 0 unspecified atom stereocenters. The molecule has 1 fully saturated rings. The number of hydrogen-bond donors (Lipinski definition) is 1. The molecule has 1 saturated heterocycles. The fourth-order valence-corrected chi connectivity index (χ4v) is 3.88. The van der Waals surface area contributed by atoms with Crippen molar-refractivity contribution in [2.75, 3.05) is 13.1 Å². The summed E-state index contributed by atoms with van der Waals surface area (Å²) in [7, 11) is 0. The summed E-state index contributed by atoms with van der Waals surface area (Å²) in [6.07, 6.45) is 6.57. The van der Waals surface area contributed by atoms with Crippen LogP contribution < -0.4 is 0 Å². The Morgan fingerprint density at radius 3 is 2.38 bits per heavy atom. The number of fused-ring (bicyclic) bond motifs is 1. The van der Waals surface area contributed by atoms with Crippen molar-refractivity contribution in [3.05, 3.63) is 41.6 Å². The van der Waals surface area contributed by atoms with Crippen molar-refractivity contribution in [2.24, 2.45) is 0 Å². The molecule has 2 aromatic heterocycles. The average Bonchev–Trinajstić information content (AvgIpc) is 3.06. The van der Waals surface area contributed by atoms with Gasteiger partial charge in [-0.3, -0.25) is 14.3 Å². The second-order valence-electron chi connectivity index (χ2n) is 7.46. The van der Waals surface area contributed by atoms with Crippen molar-refractivity contribution in [1.82, 2.24) is 24.6 Å². The van der Waals surface area contributed by atoms with Crippen LogP contribution in [0.25, 0.3) is 22.0 Å². The highest BCUT2D eigenvalue weighted by molar-refractivity contribution is 6.07. The molecule has 1 amide bonds. The highest BCUT2D eigenvalue weighted by Crippen LogP contribution is 2.30. The summed E-state index contributed by atoms with van der Waals surface area (Å²) in [6.45, 7) is 4.84. The number of carbonyl (C=O) groups is 2. The first-order valence-electron chi connectivity index (χ1n) is 9.75. The second kappa shape index (κ2) is 7.62. The zero-order valence-corrected chi connectivity index (χ0v) is 16.6. The second-order valence-corrected chi connectivity index (χ2v) is 7.46. The summed E-state index contributed by atoms with van der Waals surface area (Å²) in [5.41, 5.74) is 3.54. The van der Waals surface area contributed by atoms with Crippen LogP contribution in [0.15, 0.2) is 24.5 Å². The van der Waals surface area contributed by atoms with Gasteiger partial charge in [0.1, 0.15) is 12.4 Å². The molecule has 3 heterocycles. The number of carboxylic acids is 1. The summed E-state index contributed by atoms with van der Waals surface area (Å²) in [5.74, 6) is -0.459. The van der Waals surface area contributed by atoms with Gasteiger partial charge >= 0.3 is 5.97 Å². The van der Waals surface area contributed by atoms with Crippen LogP contribution >= 0.6 is 0 Å². The molecule has 8 heteroatoms. The summed E-state index contributed by atoms with van der Waals surface area (Å²) in [4.78, 5) is 34.9. The third-order valence-electron chi connectivity index (χ3n) is 5.28. The minimum Gasteiger partial charge on any atom is -0.480 e. The molecule has 1 aromatic carbocycles. The topological polar surface area (TPSA) is 101 Å². The molecule has 29 heavy (non-hydrogen) atoms. The van der Waals surface area contributed by atoms with Gasteiger partial charge in [-0.1, -0.05) is 0 Å². The van der Waals surface area contributed by atoms with Gasteiger partial charge in [0.2, 0.25) is 0 Å². The van der Waals surface area contributed by atoms with E-state index in [9.17, 15) is 14.7 Å². The lowest BCUT2D eigenvalue weighted by Crippen LogP contribution is -2.36. The van der Waals surface area contributed by atoms with E-state index in [4.69, 9.17) is 0 Å². The Morgan fingerprint density at radius 1 is 1.03 bits per heavy atom. The maximum absolute atomic E-state index is 13.2. The van der Waals surface area contributed by atoms with Crippen LogP contribution in [-0.2, 0) is 11.3 Å². The summed E-state index contributed by atoms with van der Waals surface area (Å²) in [6, 6.07) is 3.84. The minimum atomic E-state index is -0.998. The maximum atomic E-state index is 13.2. The van der Waals surface area contributed by atoms with E-state index in [0.717, 1.165) is 36.0 Å². The Kier molecular flexibility index (Phi) is 5.00. The van der Waals surface area contributed by atoms with Crippen LogP contribution in [0.5, 0.6) is 0 Å². The van der Waals surface area contributed by atoms with E-state index in [1.54, 1.807) is 12.4 Å². The average molecular weight is 393 g/mol. The monoisotopic (exact) mass is 393 g/mol. The molecule has 150 valence electrons. The van der Waals surface area contributed by atoms with Gasteiger partial charge in [-0.2, -0.15) is 5.10 Å². The Bertz CT molecular complexity index is 1080. The molecule has 1 aliphatic heterocycles. The maximum Gasteiger partial charge on any atom is 0.325 e. The van der Waals surface area contributed by atoms with Crippen molar-refractivity contribution >= 4 is 22.8 Å². The number of amides is 1. The fraction of sp³-hybridized carbons (Fsp3) is 0.381. The van der Waals surface area contributed by atoms with E-state index in [1.165, 1.54) is 4.68 Å². The quantitative estimate of drug-likeness (QED) is 0.731. The van der Waals surface area contributed by atoms with Crippen LogP contribution in [0.3, 0.4) is 0 Å². The SMILES string of the molecule is Cc1ncc(-c2cc(C)c3c(c2)c(C(=O)N2CCCCC2)nn3CC(=O)O)cn1. The standard InChI is InChI=1S/C21H23N5O3/c1-13-8-15(16-10-22-14(2)23-11-16)9-17-19(21(29)25-6-4-3-5-7-25)24-26(20(13)17)12-18(27)28/h8-11H,3-7,12H2,1-2H3,(H,27,28). The Labute approximate surface area is 168 Å². The number of carboxylic acid groups (broad SMARTS) is 1. The number of aryl methyl sites for hydroxylation is 2. The molecule has 0 bridgehead atoms. The predicted octanol–water partition coefficient (Wildman–Crippen LogP) is 2.82. The van der Waals surface area contributed by atoms with Gasteiger partial charge in [0.15, 0.2) is 5.69 Å². The van der Waals surface area contributed by atoms with Crippen molar-refractivity contribution in [2.45, 2.75) is 39.7 Å². The van der Waals surface area contributed by atoms with Gasteiger partial charge in [-0.25, -0.2) is 9.97 Å². The van der Waals surface area contributed by atoms with Crippen molar-refractivity contribution in [3.8, 4) is 11.1 Å². The smallest absolute Gasteiger partial charge is 0.325 e. The van der Waals surface area contributed by atoms with E-state index in [-0.39, 0.29) is 12.5 Å². The number of benzene rings is 1. The van der Waals surface area contributed by atoms with Crippen LogP contribution in [0.2, 0.25) is 0 Å². The van der Waals surface area contributed by atoms with E-state index in [1.807, 2.05) is 30.9 Å². The number of likely N-dealkylation sites (tertiary alicyclic amines) is 1. The van der Waals surface area contributed by atoms with E-state index in [2.05, 4.69) is 15.1 Å². The van der Waals surface area contributed by atoms with E-state index in [0.29, 0.717) is 35.5 Å².